The van der Waals surface area contributed by atoms with Gasteiger partial charge >= 0.3 is 0 Å². The van der Waals surface area contributed by atoms with Crippen LogP contribution in [0.3, 0.4) is 0 Å². The van der Waals surface area contributed by atoms with Gasteiger partial charge in [0.05, 0.1) is 5.69 Å². The number of nitrogens with zero attached hydrogens (tertiary/aromatic N) is 2. The van der Waals surface area contributed by atoms with Crippen molar-refractivity contribution in [3.8, 4) is 11.5 Å². The molecule has 1 saturated heterocycles. The number of carbonyl (C=O) groups is 1. The van der Waals surface area contributed by atoms with Crippen molar-refractivity contribution in [2.45, 2.75) is 12.5 Å². The molecule has 0 bridgehead atoms. The molecule has 23 heavy (non-hydrogen) atoms. The number of rotatable bonds is 3. The summed E-state index contributed by atoms with van der Waals surface area (Å²) in [7, 11) is 0. The molecular weight excluding hydrogens is 294 g/mol. The zero-order valence-corrected chi connectivity index (χ0v) is 12.6. The number of likely N-dealkylation sites (tertiary alicyclic amines) is 1. The number of carbonyl (C=O) groups excluding carboxylic acids is 1. The fourth-order valence-corrected chi connectivity index (χ4v) is 2.96. The largest absolute Gasteiger partial charge is 0.454 e. The van der Waals surface area contributed by atoms with Crippen LogP contribution in [-0.2, 0) is 0 Å². The Balaban J connectivity index is 1.42. The number of pyridine rings is 1. The summed E-state index contributed by atoms with van der Waals surface area (Å²) in [6, 6.07) is 9.46. The standard InChI is InChI=1S/C17H17N3O3/c21-17(12-3-4-15-16(8-12)23-11-22-15)20-7-5-14(10-20)19-13-2-1-6-18-9-13/h1-4,6,8-9,14,19H,5,7,10-11H2. The van der Waals surface area contributed by atoms with Gasteiger partial charge in [-0.25, -0.2) is 0 Å². The van der Waals surface area contributed by atoms with Crippen LogP contribution in [0, 0.1) is 0 Å². The number of amides is 1. The lowest BCUT2D eigenvalue weighted by Gasteiger charge is -2.18. The first kappa shape index (κ1) is 13.9. The van der Waals surface area contributed by atoms with E-state index in [9.17, 15) is 4.79 Å². The average Bonchev–Trinajstić information content (AvgIpc) is 3.23. The summed E-state index contributed by atoms with van der Waals surface area (Å²) in [6.45, 7) is 1.64. The predicted octanol–water partition coefficient (Wildman–Crippen LogP) is 2.14. The Morgan fingerprint density at radius 3 is 3.04 bits per heavy atom. The molecule has 1 aromatic heterocycles. The van der Waals surface area contributed by atoms with Crippen LogP contribution in [0.4, 0.5) is 5.69 Å². The third-order valence-electron chi connectivity index (χ3n) is 4.13. The number of benzene rings is 1. The van der Waals surface area contributed by atoms with Crippen LogP contribution < -0.4 is 14.8 Å². The smallest absolute Gasteiger partial charge is 0.254 e. The summed E-state index contributed by atoms with van der Waals surface area (Å²) in [5.41, 5.74) is 1.62. The zero-order valence-electron chi connectivity index (χ0n) is 12.6. The van der Waals surface area contributed by atoms with Gasteiger partial charge in [-0.2, -0.15) is 0 Å². The summed E-state index contributed by atoms with van der Waals surface area (Å²) in [4.78, 5) is 18.6. The van der Waals surface area contributed by atoms with E-state index < -0.39 is 0 Å². The van der Waals surface area contributed by atoms with Gasteiger partial charge in [0.1, 0.15) is 0 Å². The van der Waals surface area contributed by atoms with Gasteiger partial charge in [-0.3, -0.25) is 9.78 Å². The van der Waals surface area contributed by atoms with Crippen molar-refractivity contribution < 1.29 is 14.3 Å². The van der Waals surface area contributed by atoms with Crippen LogP contribution >= 0.6 is 0 Å². The van der Waals surface area contributed by atoms with Crippen molar-refractivity contribution >= 4 is 11.6 Å². The Morgan fingerprint density at radius 2 is 2.17 bits per heavy atom. The monoisotopic (exact) mass is 311 g/mol. The van der Waals surface area contributed by atoms with Crippen LogP contribution in [0.1, 0.15) is 16.8 Å². The SMILES string of the molecule is O=C(c1ccc2c(c1)OCO2)N1CCC(Nc2cccnc2)C1. The number of fused-ring (bicyclic) bond motifs is 1. The van der Waals surface area contributed by atoms with E-state index in [1.807, 2.05) is 17.0 Å². The molecule has 0 saturated carbocycles. The molecule has 1 N–H and O–H groups in total. The molecule has 1 fully saturated rings. The molecule has 2 aliphatic heterocycles. The number of nitrogens with one attached hydrogen (secondary N) is 1. The van der Waals surface area contributed by atoms with Gasteiger partial charge in [0.2, 0.25) is 6.79 Å². The molecule has 2 aromatic rings. The molecule has 0 spiro atoms. The van der Waals surface area contributed by atoms with E-state index in [-0.39, 0.29) is 18.7 Å². The van der Waals surface area contributed by atoms with E-state index in [0.717, 1.165) is 18.7 Å². The molecule has 4 rings (SSSR count). The molecule has 0 radical (unpaired) electrons. The quantitative estimate of drug-likeness (QED) is 0.941. The topological polar surface area (TPSA) is 63.7 Å². The Morgan fingerprint density at radius 1 is 1.26 bits per heavy atom. The summed E-state index contributed by atoms with van der Waals surface area (Å²) in [5.74, 6) is 1.36. The third kappa shape index (κ3) is 2.79. The van der Waals surface area contributed by atoms with Crippen molar-refractivity contribution in [3.63, 3.8) is 0 Å². The second-order valence-electron chi connectivity index (χ2n) is 5.69. The molecule has 118 valence electrons. The molecule has 1 amide bonds. The first-order valence-electron chi connectivity index (χ1n) is 7.65. The lowest BCUT2D eigenvalue weighted by atomic mass is 10.2. The summed E-state index contributed by atoms with van der Waals surface area (Å²) in [6.07, 6.45) is 4.46. The maximum Gasteiger partial charge on any atom is 0.254 e. The number of hydrogen-bond acceptors (Lipinski definition) is 5. The van der Waals surface area contributed by atoms with Gasteiger partial charge < -0.3 is 19.7 Å². The number of aromatic nitrogens is 1. The average molecular weight is 311 g/mol. The Labute approximate surface area is 134 Å². The normalized spacial score (nSPS) is 19.0. The van der Waals surface area contributed by atoms with Gasteiger partial charge in [0, 0.05) is 37.1 Å². The Hall–Kier alpha value is -2.76. The van der Waals surface area contributed by atoms with Gasteiger partial charge in [-0.05, 0) is 36.8 Å². The van der Waals surface area contributed by atoms with E-state index in [1.165, 1.54) is 0 Å². The number of anilines is 1. The van der Waals surface area contributed by atoms with Crippen molar-refractivity contribution in [2.24, 2.45) is 0 Å². The maximum atomic E-state index is 12.6. The molecular formula is C17H17N3O3. The number of ether oxygens (including phenoxy) is 2. The molecule has 0 aliphatic carbocycles. The summed E-state index contributed by atoms with van der Waals surface area (Å²) >= 11 is 0. The van der Waals surface area contributed by atoms with Crippen molar-refractivity contribution in [1.29, 1.82) is 0 Å². The van der Waals surface area contributed by atoms with Crippen LogP contribution in [0.15, 0.2) is 42.7 Å². The minimum absolute atomic E-state index is 0.0267. The minimum Gasteiger partial charge on any atom is -0.454 e. The van der Waals surface area contributed by atoms with Crippen LogP contribution in [0.2, 0.25) is 0 Å². The summed E-state index contributed by atoms with van der Waals surface area (Å²) < 4.78 is 10.6. The van der Waals surface area contributed by atoms with Gasteiger partial charge in [-0.15, -0.1) is 0 Å². The highest BCUT2D eigenvalue weighted by atomic mass is 16.7. The highest BCUT2D eigenvalue weighted by Crippen LogP contribution is 2.33. The van der Waals surface area contributed by atoms with Crippen LogP contribution in [-0.4, -0.2) is 41.7 Å². The van der Waals surface area contributed by atoms with Crippen LogP contribution in [0.25, 0.3) is 0 Å². The Kier molecular flexibility index (Phi) is 3.49. The first-order chi connectivity index (χ1) is 11.3. The molecule has 6 nitrogen and oxygen atoms in total. The maximum absolute atomic E-state index is 12.6. The molecule has 3 heterocycles. The molecule has 1 aromatic carbocycles. The predicted molar refractivity (Wildman–Crippen MR) is 84.7 cm³/mol. The number of hydrogen-bond donors (Lipinski definition) is 1. The van der Waals surface area contributed by atoms with Gasteiger partial charge in [-0.1, -0.05) is 0 Å². The van der Waals surface area contributed by atoms with Crippen molar-refractivity contribution in [3.05, 3.63) is 48.3 Å². The lowest BCUT2D eigenvalue weighted by Crippen LogP contribution is -2.31. The van der Waals surface area contributed by atoms with Crippen molar-refractivity contribution in [1.82, 2.24) is 9.88 Å². The zero-order chi connectivity index (χ0) is 15.6. The van der Waals surface area contributed by atoms with Gasteiger partial charge in [0.25, 0.3) is 5.91 Å². The lowest BCUT2D eigenvalue weighted by molar-refractivity contribution is 0.0791. The van der Waals surface area contributed by atoms with E-state index >= 15 is 0 Å². The summed E-state index contributed by atoms with van der Waals surface area (Å²) in [5, 5.41) is 3.42. The van der Waals surface area contributed by atoms with E-state index in [0.29, 0.717) is 23.6 Å². The highest BCUT2D eigenvalue weighted by Gasteiger charge is 2.28. The van der Waals surface area contributed by atoms with E-state index in [4.69, 9.17) is 9.47 Å². The fourth-order valence-electron chi connectivity index (χ4n) is 2.96. The fraction of sp³-hybridized carbons (Fsp3) is 0.294. The minimum atomic E-state index is 0.0267. The molecule has 1 unspecified atom stereocenters. The Bertz CT molecular complexity index is 720. The molecule has 2 aliphatic rings. The van der Waals surface area contributed by atoms with Crippen LogP contribution in [0.5, 0.6) is 11.5 Å². The van der Waals surface area contributed by atoms with Crippen molar-refractivity contribution in [2.75, 3.05) is 25.2 Å². The molecule has 1 atom stereocenters. The molecule has 6 heteroatoms. The second-order valence-corrected chi connectivity index (χ2v) is 5.69. The highest BCUT2D eigenvalue weighted by molar-refractivity contribution is 5.95. The van der Waals surface area contributed by atoms with Gasteiger partial charge in [0.15, 0.2) is 11.5 Å². The first-order valence-corrected chi connectivity index (χ1v) is 7.65. The van der Waals surface area contributed by atoms with E-state index in [1.54, 1.807) is 30.6 Å². The van der Waals surface area contributed by atoms with E-state index in [2.05, 4.69) is 10.3 Å². The second kappa shape index (κ2) is 5.79. The third-order valence-corrected chi connectivity index (χ3v) is 4.13.